The molecule has 3 aliphatic carbocycles. The van der Waals surface area contributed by atoms with Crippen LogP contribution >= 0.6 is 0 Å². The molecule has 0 bridgehead atoms. The number of nitrogens with zero attached hydrogens (tertiary/aromatic N) is 1. The zero-order valence-electron chi connectivity index (χ0n) is 24.3. The van der Waals surface area contributed by atoms with E-state index in [1.807, 2.05) is 20.8 Å². The fourth-order valence-electron chi connectivity index (χ4n) is 6.59. The number of carbonyl (C=O) groups is 4. The van der Waals surface area contributed by atoms with E-state index < -0.39 is 98.1 Å². The molecule has 5 atom stereocenters. The number of Topliss-reactive ketones (excluding diaryl/α,β-unsaturated/α-hetero) is 2. The van der Waals surface area contributed by atoms with Gasteiger partial charge in [0.25, 0.3) is 5.91 Å². The molecule has 228 valence electrons. The number of aliphatic hydroxyl groups excluding tert-OH is 2. The standard InChI is InChI=1S/C29H37FN4O8/c1-7-11-12-8-13-21(34(5)6)24(38)20(27(31)41)26(40)29(13,42)25(39)18(12)23(37)19-17(11)14(30)9-15(22(19)36)33-16(35)10-32-28(2,3)4/h9,11-13,21,32,36,38-39,42H,7-8,10H2,1-6H3,(H2,31,41)(H,33,35)/t11-,12-,13+,21+,29+/m1/s1. The number of phenolic OH excluding ortho intramolecular Hbond substituents is 1. The highest BCUT2D eigenvalue weighted by Gasteiger charge is 2.64. The van der Waals surface area contributed by atoms with Crippen molar-refractivity contribution in [2.24, 2.45) is 17.6 Å². The van der Waals surface area contributed by atoms with Gasteiger partial charge in [-0.2, -0.15) is 0 Å². The number of halogens is 1. The fraction of sp³-hybridized carbons (Fsp3) is 0.517. The van der Waals surface area contributed by atoms with Gasteiger partial charge < -0.3 is 36.8 Å². The maximum Gasteiger partial charge on any atom is 0.255 e. The number of nitrogens with one attached hydrogen (secondary N) is 2. The molecule has 0 saturated carbocycles. The van der Waals surface area contributed by atoms with Crippen LogP contribution in [0, 0.1) is 17.7 Å². The number of hydrogen-bond donors (Lipinski definition) is 7. The SMILES string of the molecule is CC[C@H]1c2c(F)cc(NC(=O)CNC(C)(C)C)c(O)c2C(=O)C2=C(O)[C@]3(O)C(=O)C(C(N)=O)=C(O)[C@@H](N(C)C)[C@@H]3C[C@@H]21. The topological polar surface area (TPSA) is 203 Å². The number of primary amides is 1. The third-order valence-electron chi connectivity index (χ3n) is 8.44. The van der Waals surface area contributed by atoms with Gasteiger partial charge in [-0.05, 0) is 59.5 Å². The Morgan fingerprint density at radius 3 is 2.33 bits per heavy atom. The Labute approximate surface area is 242 Å². The molecule has 3 aliphatic rings. The van der Waals surface area contributed by atoms with Crippen LogP contribution in [0.5, 0.6) is 5.75 Å². The number of ketones is 2. The molecule has 13 heteroatoms. The van der Waals surface area contributed by atoms with Crippen LogP contribution in [0.25, 0.3) is 0 Å². The highest BCUT2D eigenvalue weighted by molar-refractivity contribution is 6.25. The van der Waals surface area contributed by atoms with Crippen LogP contribution in [0.15, 0.2) is 28.7 Å². The number of hydrogen-bond acceptors (Lipinski definition) is 10. The van der Waals surface area contributed by atoms with E-state index in [1.54, 1.807) is 6.92 Å². The van der Waals surface area contributed by atoms with Gasteiger partial charge in [0.2, 0.25) is 11.7 Å². The molecule has 0 radical (unpaired) electrons. The molecule has 8 N–H and O–H groups in total. The average molecular weight is 589 g/mol. The molecule has 1 aromatic rings. The summed E-state index contributed by atoms with van der Waals surface area (Å²) in [5, 5.41) is 50.7. The maximum atomic E-state index is 15.8. The van der Waals surface area contributed by atoms with E-state index in [0.717, 1.165) is 6.07 Å². The summed E-state index contributed by atoms with van der Waals surface area (Å²) in [7, 11) is 3.05. The van der Waals surface area contributed by atoms with Crippen LogP contribution in [0.2, 0.25) is 0 Å². The average Bonchev–Trinajstić information content (AvgIpc) is 2.87. The van der Waals surface area contributed by atoms with E-state index in [-0.39, 0.29) is 30.6 Å². The van der Waals surface area contributed by atoms with Crippen molar-refractivity contribution in [3.05, 3.63) is 45.7 Å². The van der Waals surface area contributed by atoms with Gasteiger partial charge in [-0.15, -0.1) is 0 Å². The van der Waals surface area contributed by atoms with Gasteiger partial charge in [0, 0.05) is 28.7 Å². The molecule has 0 saturated heterocycles. The Bertz CT molecular complexity index is 1460. The Hall–Kier alpha value is -3.81. The van der Waals surface area contributed by atoms with Gasteiger partial charge in [0.05, 0.1) is 23.8 Å². The van der Waals surface area contributed by atoms with Crippen molar-refractivity contribution in [3.63, 3.8) is 0 Å². The van der Waals surface area contributed by atoms with Gasteiger partial charge in [-0.3, -0.25) is 24.1 Å². The number of aliphatic hydroxyl groups is 3. The van der Waals surface area contributed by atoms with Crippen LogP contribution in [-0.2, 0) is 14.4 Å². The summed E-state index contributed by atoms with van der Waals surface area (Å²) in [5.74, 6) is -10.7. The largest absolute Gasteiger partial charge is 0.510 e. The first-order valence-electron chi connectivity index (χ1n) is 13.6. The maximum absolute atomic E-state index is 15.8. The number of anilines is 1. The zero-order valence-corrected chi connectivity index (χ0v) is 24.3. The first kappa shape index (κ1) is 31.1. The zero-order chi connectivity index (χ0) is 31.6. The highest BCUT2D eigenvalue weighted by atomic mass is 19.1. The first-order valence-corrected chi connectivity index (χ1v) is 13.6. The molecule has 12 nitrogen and oxygen atoms in total. The van der Waals surface area contributed by atoms with Crippen molar-refractivity contribution >= 4 is 29.1 Å². The Kier molecular flexibility index (Phi) is 7.76. The van der Waals surface area contributed by atoms with E-state index in [9.17, 15) is 39.6 Å². The number of allylic oxidation sites excluding steroid dienone is 1. The number of rotatable bonds is 6. The Morgan fingerprint density at radius 1 is 1.19 bits per heavy atom. The number of aromatic hydroxyl groups is 1. The summed E-state index contributed by atoms with van der Waals surface area (Å²) in [5.41, 5.74) is -0.207. The van der Waals surface area contributed by atoms with Gasteiger partial charge in [-0.25, -0.2) is 4.39 Å². The van der Waals surface area contributed by atoms with E-state index in [1.165, 1.54) is 19.0 Å². The lowest BCUT2D eigenvalue weighted by atomic mass is 9.56. The molecule has 0 unspecified atom stereocenters. The van der Waals surface area contributed by atoms with E-state index in [2.05, 4.69) is 10.6 Å². The highest BCUT2D eigenvalue weighted by Crippen LogP contribution is 2.57. The minimum Gasteiger partial charge on any atom is -0.510 e. The van der Waals surface area contributed by atoms with Gasteiger partial charge in [0.15, 0.2) is 17.1 Å². The molecule has 1 aromatic carbocycles. The van der Waals surface area contributed by atoms with Gasteiger partial charge in [-0.1, -0.05) is 6.92 Å². The molecular weight excluding hydrogens is 551 g/mol. The van der Waals surface area contributed by atoms with Crippen LogP contribution < -0.4 is 16.4 Å². The number of phenols is 1. The van der Waals surface area contributed by atoms with Crippen molar-refractivity contribution in [2.45, 2.75) is 63.6 Å². The third-order valence-corrected chi connectivity index (χ3v) is 8.44. The first-order chi connectivity index (χ1) is 19.4. The predicted molar refractivity (Wildman–Crippen MR) is 149 cm³/mol. The van der Waals surface area contributed by atoms with Crippen LogP contribution in [0.4, 0.5) is 10.1 Å². The van der Waals surface area contributed by atoms with Gasteiger partial charge >= 0.3 is 0 Å². The second-order valence-electron chi connectivity index (χ2n) is 12.4. The van der Waals surface area contributed by atoms with Crippen LogP contribution in [0.1, 0.15) is 62.4 Å². The molecule has 0 aromatic heterocycles. The number of nitrogens with two attached hydrogens (primary N) is 1. The lowest BCUT2D eigenvalue weighted by Gasteiger charge is -2.51. The molecule has 2 amide bonds. The Balaban J connectivity index is 1.90. The van der Waals surface area contributed by atoms with Crippen molar-refractivity contribution in [1.29, 1.82) is 0 Å². The molecular formula is C29H37FN4O8. The normalized spacial score (nSPS) is 27.5. The smallest absolute Gasteiger partial charge is 0.255 e. The summed E-state index contributed by atoms with van der Waals surface area (Å²) >= 11 is 0. The molecule has 0 heterocycles. The molecule has 0 spiro atoms. The summed E-state index contributed by atoms with van der Waals surface area (Å²) in [4.78, 5) is 53.5. The van der Waals surface area contributed by atoms with Crippen molar-refractivity contribution in [1.82, 2.24) is 10.2 Å². The van der Waals surface area contributed by atoms with Crippen LogP contribution in [-0.4, -0.2) is 86.5 Å². The van der Waals surface area contributed by atoms with E-state index >= 15 is 4.39 Å². The third kappa shape index (κ3) is 4.65. The van der Waals surface area contributed by atoms with E-state index in [0.29, 0.717) is 0 Å². The monoisotopic (exact) mass is 588 g/mol. The summed E-state index contributed by atoms with van der Waals surface area (Å²) < 4.78 is 15.8. The number of benzene rings is 1. The fourth-order valence-corrected chi connectivity index (χ4v) is 6.59. The van der Waals surface area contributed by atoms with Crippen molar-refractivity contribution < 1.29 is 44.0 Å². The second-order valence-corrected chi connectivity index (χ2v) is 12.4. The number of carbonyl (C=O) groups excluding carboxylic acids is 4. The minimum absolute atomic E-state index is 0.126. The number of likely N-dealkylation sites (N-methyl/N-ethyl adjacent to an activating group) is 1. The van der Waals surface area contributed by atoms with Crippen LogP contribution in [0.3, 0.4) is 0 Å². The van der Waals surface area contributed by atoms with Gasteiger partial charge in [0.1, 0.15) is 22.9 Å². The quantitative estimate of drug-likeness (QED) is 0.189. The summed E-state index contributed by atoms with van der Waals surface area (Å²) in [6.45, 7) is 7.04. The molecule has 4 rings (SSSR count). The van der Waals surface area contributed by atoms with E-state index in [4.69, 9.17) is 5.73 Å². The molecule has 0 fully saturated rings. The predicted octanol–water partition coefficient (Wildman–Crippen LogP) is 1.54. The number of fused-ring (bicyclic) bond motifs is 3. The summed E-state index contributed by atoms with van der Waals surface area (Å²) in [6.07, 6.45) is 0.0564. The molecule has 42 heavy (non-hydrogen) atoms. The summed E-state index contributed by atoms with van der Waals surface area (Å²) in [6, 6.07) is -0.238. The van der Waals surface area contributed by atoms with Crippen molar-refractivity contribution in [2.75, 3.05) is 26.0 Å². The lowest BCUT2D eigenvalue weighted by Crippen LogP contribution is -2.64. The molecule has 0 aliphatic heterocycles. The Morgan fingerprint density at radius 2 is 1.81 bits per heavy atom. The second kappa shape index (κ2) is 10.5. The van der Waals surface area contributed by atoms with Crippen molar-refractivity contribution in [3.8, 4) is 5.75 Å². The lowest BCUT2D eigenvalue weighted by molar-refractivity contribution is -0.148. The minimum atomic E-state index is -2.82. The number of amides is 2.